The summed E-state index contributed by atoms with van der Waals surface area (Å²) in [5.41, 5.74) is 1.09. The van der Waals surface area contributed by atoms with Crippen LogP contribution in [0.15, 0.2) is 47.1 Å². The molecule has 2 aromatic heterocycles. The number of hydrogen-bond acceptors (Lipinski definition) is 7. The van der Waals surface area contributed by atoms with Crippen LogP contribution >= 0.6 is 11.5 Å². The molecule has 3 rings (SSSR count). The van der Waals surface area contributed by atoms with Crippen molar-refractivity contribution in [3.05, 3.63) is 59.8 Å². The van der Waals surface area contributed by atoms with E-state index in [1.165, 1.54) is 24.4 Å². The van der Waals surface area contributed by atoms with Crippen LogP contribution in [0.2, 0.25) is 0 Å². The van der Waals surface area contributed by atoms with Crippen molar-refractivity contribution < 1.29 is 13.9 Å². The predicted molar refractivity (Wildman–Crippen MR) is 127 cm³/mol. The first-order valence-corrected chi connectivity index (χ1v) is 11.9. The van der Waals surface area contributed by atoms with Crippen LogP contribution < -0.4 is 15.0 Å². The first kappa shape index (κ1) is 23.8. The van der Waals surface area contributed by atoms with Crippen LogP contribution in [0.25, 0.3) is 0 Å². The second kappa shape index (κ2) is 12.9. The second-order valence-corrected chi connectivity index (χ2v) is 8.41. The summed E-state index contributed by atoms with van der Waals surface area (Å²) in [6.45, 7) is 4.02. The van der Waals surface area contributed by atoms with Crippen LogP contribution in [0, 0.1) is 0 Å². The van der Waals surface area contributed by atoms with Gasteiger partial charge in [-0.05, 0) is 36.2 Å². The van der Waals surface area contributed by atoms with Gasteiger partial charge in [0.05, 0.1) is 19.9 Å². The van der Waals surface area contributed by atoms with E-state index < -0.39 is 0 Å². The lowest BCUT2D eigenvalue weighted by Gasteiger charge is -2.20. The minimum absolute atomic E-state index is 0.0621. The highest BCUT2D eigenvalue weighted by Crippen LogP contribution is 2.22. The monoisotopic (exact) mass is 456 g/mol. The maximum atomic E-state index is 12.3. The average molecular weight is 457 g/mol. The van der Waals surface area contributed by atoms with E-state index in [2.05, 4.69) is 21.5 Å². The van der Waals surface area contributed by atoms with E-state index in [0.29, 0.717) is 25.9 Å². The number of aromatic nitrogens is 2. The molecule has 0 aliphatic carbocycles. The van der Waals surface area contributed by atoms with Gasteiger partial charge in [0.2, 0.25) is 11.0 Å². The third-order valence-corrected chi connectivity index (χ3v) is 5.93. The number of methoxy groups -OCH3 is 1. The highest BCUT2D eigenvalue weighted by Gasteiger charge is 2.16. The topological polar surface area (TPSA) is 80.5 Å². The van der Waals surface area contributed by atoms with Gasteiger partial charge in [-0.15, -0.1) is 0 Å². The number of benzene rings is 1. The Hall–Kier alpha value is -2.87. The fourth-order valence-corrected chi connectivity index (χ4v) is 4.06. The van der Waals surface area contributed by atoms with Crippen LogP contribution in [-0.4, -0.2) is 35.5 Å². The molecule has 1 N–H and O–H groups in total. The number of anilines is 1. The van der Waals surface area contributed by atoms with Crippen molar-refractivity contribution in [2.45, 2.75) is 52.0 Å². The number of amides is 1. The highest BCUT2D eigenvalue weighted by molar-refractivity contribution is 7.09. The van der Waals surface area contributed by atoms with Gasteiger partial charge in [-0.1, -0.05) is 38.3 Å². The largest absolute Gasteiger partial charge is 0.497 e. The van der Waals surface area contributed by atoms with Crippen molar-refractivity contribution in [3.63, 3.8) is 0 Å². The number of hydrogen-bond donors (Lipinski definition) is 1. The molecule has 0 bridgehead atoms. The van der Waals surface area contributed by atoms with Crippen molar-refractivity contribution in [2.75, 3.05) is 25.1 Å². The van der Waals surface area contributed by atoms with E-state index in [0.717, 1.165) is 47.4 Å². The average Bonchev–Trinajstić information content (AvgIpc) is 3.49. The molecule has 7 nitrogen and oxygen atoms in total. The van der Waals surface area contributed by atoms with Gasteiger partial charge in [-0.25, -0.2) is 4.98 Å². The molecule has 1 aromatic carbocycles. The molecule has 1 amide bonds. The number of nitrogens with zero attached hydrogens (tertiary/aromatic N) is 3. The van der Waals surface area contributed by atoms with Crippen LogP contribution in [0.5, 0.6) is 5.75 Å². The number of unbranched alkanes of at least 4 members (excludes halogenated alkanes) is 3. The van der Waals surface area contributed by atoms with Crippen molar-refractivity contribution in [1.82, 2.24) is 14.7 Å². The molecule has 0 saturated heterocycles. The summed E-state index contributed by atoms with van der Waals surface area (Å²) in [5, 5.41) is 3.81. The van der Waals surface area contributed by atoms with Gasteiger partial charge in [0.25, 0.3) is 0 Å². The number of carbonyl (C=O) groups is 1. The van der Waals surface area contributed by atoms with Gasteiger partial charge in [-0.2, -0.15) is 4.37 Å². The lowest BCUT2D eigenvalue weighted by molar-refractivity contribution is -0.120. The Balaban J connectivity index is 1.59. The van der Waals surface area contributed by atoms with Crippen molar-refractivity contribution in [1.29, 1.82) is 0 Å². The zero-order chi connectivity index (χ0) is 22.6. The van der Waals surface area contributed by atoms with Gasteiger partial charge in [0.15, 0.2) is 0 Å². The SMILES string of the molecule is CCCCCCNC(=O)CCN(Cc1ccco1)c1nc(Cc2cccc(OC)c2)ns1. The number of rotatable bonds is 14. The van der Waals surface area contributed by atoms with Crippen LogP contribution in [0.3, 0.4) is 0 Å². The molecule has 0 aliphatic heterocycles. The summed E-state index contributed by atoms with van der Waals surface area (Å²) in [6, 6.07) is 11.7. The second-order valence-electron chi connectivity index (χ2n) is 7.68. The molecular formula is C24H32N4O3S. The van der Waals surface area contributed by atoms with Crippen LogP contribution in [-0.2, 0) is 17.8 Å². The predicted octanol–water partition coefficient (Wildman–Crippen LogP) is 4.82. The number of carbonyl (C=O) groups excluding carboxylic acids is 1. The van der Waals surface area contributed by atoms with Crippen LogP contribution in [0.1, 0.15) is 56.2 Å². The quantitative estimate of drug-likeness (QED) is 0.350. The van der Waals surface area contributed by atoms with Gasteiger partial charge < -0.3 is 19.4 Å². The van der Waals surface area contributed by atoms with E-state index in [1.54, 1.807) is 13.4 Å². The molecule has 0 atom stereocenters. The Morgan fingerprint density at radius 2 is 2.12 bits per heavy atom. The van der Waals surface area contributed by atoms with Gasteiger partial charge in [-0.3, -0.25) is 4.79 Å². The molecule has 3 aromatic rings. The van der Waals surface area contributed by atoms with E-state index in [1.807, 2.05) is 36.4 Å². The number of furan rings is 1. The van der Waals surface area contributed by atoms with E-state index in [-0.39, 0.29) is 5.91 Å². The maximum Gasteiger partial charge on any atom is 0.221 e. The van der Waals surface area contributed by atoms with E-state index in [4.69, 9.17) is 14.1 Å². The smallest absolute Gasteiger partial charge is 0.221 e. The summed E-state index contributed by atoms with van der Waals surface area (Å²) in [6.07, 6.45) is 7.27. The van der Waals surface area contributed by atoms with Crippen molar-refractivity contribution in [2.24, 2.45) is 0 Å². The minimum Gasteiger partial charge on any atom is -0.497 e. The molecule has 0 radical (unpaired) electrons. The Morgan fingerprint density at radius 1 is 1.22 bits per heavy atom. The molecule has 0 aliphatic rings. The maximum absolute atomic E-state index is 12.3. The number of ether oxygens (including phenoxy) is 1. The molecule has 172 valence electrons. The van der Waals surface area contributed by atoms with Crippen molar-refractivity contribution >= 4 is 22.6 Å². The molecule has 0 unspecified atom stereocenters. The van der Waals surface area contributed by atoms with Crippen molar-refractivity contribution in [3.8, 4) is 5.75 Å². The third kappa shape index (κ3) is 7.67. The molecule has 2 heterocycles. The normalized spacial score (nSPS) is 10.8. The summed E-state index contributed by atoms with van der Waals surface area (Å²) in [7, 11) is 1.66. The standard InChI is InChI=1S/C24H32N4O3S/c1-3-4-5-6-13-25-23(29)12-14-28(18-21-11-8-15-31-21)24-26-22(27-32-24)17-19-9-7-10-20(16-19)30-2/h7-11,15-16H,3-6,12-14,17-18H2,1-2H3,(H,25,29). The lowest BCUT2D eigenvalue weighted by Crippen LogP contribution is -2.31. The highest BCUT2D eigenvalue weighted by atomic mass is 32.1. The molecule has 0 fully saturated rings. The minimum atomic E-state index is 0.0621. The van der Waals surface area contributed by atoms with Crippen LogP contribution in [0.4, 0.5) is 5.13 Å². The first-order valence-electron chi connectivity index (χ1n) is 11.2. The Morgan fingerprint density at radius 3 is 2.91 bits per heavy atom. The Kier molecular flexibility index (Phi) is 9.56. The molecule has 32 heavy (non-hydrogen) atoms. The van der Waals surface area contributed by atoms with Gasteiger partial charge >= 0.3 is 0 Å². The Labute approximate surface area is 194 Å². The fourth-order valence-electron chi connectivity index (χ4n) is 3.35. The van der Waals surface area contributed by atoms with E-state index >= 15 is 0 Å². The molecular weight excluding hydrogens is 424 g/mol. The lowest BCUT2D eigenvalue weighted by atomic mass is 10.1. The summed E-state index contributed by atoms with van der Waals surface area (Å²) < 4.78 is 15.4. The Bertz CT molecular complexity index is 942. The summed E-state index contributed by atoms with van der Waals surface area (Å²) in [5.74, 6) is 2.46. The number of nitrogens with one attached hydrogen (secondary N) is 1. The van der Waals surface area contributed by atoms with Gasteiger partial charge in [0.1, 0.15) is 17.3 Å². The molecule has 0 saturated carbocycles. The zero-order valence-corrected chi connectivity index (χ0v) is 19.7. The third-order valence-electron chi connectivity index (χ3n) is 5.11. The first-order chi connectivity index (χ1) is 15.7. The summed E-state index contributed by atoms with van der Waals surface area (Å²) >= 11 is 1.35. The fraction of sp³-hybridized carbons (Fsp3) is 0.458. The zero-order valence-electron chi connectivity index (χ0n) is 18.9. The summed E-state index contributed by atoms with van der Waals surface area (Å²) in [4.78, 5) is 19.1. The molecule has 8 heteroatoms. The van der Waals surface area contributed by atoms with E-state index in [9.17, 15) is 4.79 Å². The molecule has 0 spiro atoms. The van der Waals surface area contributed by atoms with Gasteiger partial charge in [0, 0.05) is 37.5 Å².